The third-order valence-electron chi connectivity index (χ3n) is 4.98. The predicted molar refractivity (Wildman–Crippen MR) is 121 cm³/mol. The summed E-state index contributed by atoms with van der Waals surface area (Å²) in [5.41, 5.74) is 1.02. The molecule has 0 aliphatic heterocycles. The topological polar surface area (TPSA) is 96.5 Å². The minimum Gasteiger partial charge on any atom is -0.497 e. The first kappa shape index (κ1) is 22.0. The second kappa shape index (κ2) is 9.90. The molecule has 0 saturated heterocycles. The zero-order valence-electron chi connectivity index (χ0n) is 16.7. The first-order valence-electron chi connectivity index (χ1n) is 9.76. The molecule has 160 valence electrons. The van der Waals surface area contributed by atoms with Gasteiger partial charge in [-0.05, 0) is 73.6 Å². The minimum atomic E-state index is -3.73. The number of sulfonamides is 1. The number of carbonyl (C=O) groups excluding carboxylic acids is 1. The van der Waals surface area contributed by atoms with Crippen molar-refractivity contribution >= 4 is 44.6 Å². The molecule has 1 aliphatic carbocycles. The Labute approximate surface area is 182 Å². The van der Waals surface area contributed by atoms with Crippen LogP contribution >= 0.6 is 12.2 Å². The highest BCUT2D eigenvalue weighted by atomic mass is 32.2. The molecule has 0 radical (unpaired) electrons. The summed E-state index contributed by atoms with van der Waals surface area (Å²) in [6, 6.07) is 12.7. The Balaban J connectivity index is 1.57. The van der Waals surface area contributed by atoms with E-state index in [0.717, 1.165) is 25.7 Å². The Bertz CT molecular complexity index is 984. The summed E-state index contributed by atoms with van der Waals surface area (Å²) >= 11 is 5.21. The van der Waals surface area contributed by atoms with E-state index in [2.05, 4.69) is 15.4 Å². The number of amides is 1. The van der Waals surface area contributed by atoms with Gasteiger partial charge in [-0.15, -0.1) is 0 Å². The van der Waals surface area contributed by atoms with Crippen molar-refractivity contribution in [2.45, 2.75) is 37.0 Å². The highest BCUT2D eigenvalue weighted by Gasteiger charge is 2.21. The van der Waals surface area contributed by atoms with Gasteiger partial charge < -0.3 is 15.4 Å². The van der Waals surface area contributed by atoms with Crippen LogP contribution in [0, 0.1) is 5.92 Å². The molecule has 3 N–H and O–H groups in total. The molecule has 3 rings (SSSR count). The number of benzene rings is 2. The third-order valence-corrected chi connectivity index (χ3v) is 6.58. The average molecular weight is 448 g/mol. The number of ether oxygens (including phenoxy) is 1. The zero-order chi connectivity index (χ0) is 21.6. The largest absolute Gasteiger partial charge is 0.497 e. The molecule has 0 heterocycles. The van der Waals surface area contributed by atoms with Crippen LogP contribution in [0.3, 0.4) is 0 Å². The van der Waals surface area contributed by atoms with E-state index in [4.69, 9.17) is 17.0 Å². The van der Waals surface area contributed by atoms with Crippen LogP contribution in [-0.4, -0.2) is 26.5 Å². The molecule has 2 aromatic carbocycles. The molecule has 0 unspecified atom stereocenters. The Kier molecular flexibility index (Phi) is 7.28. The van der Waals surface area contributed by atoms with Crippen LogP contribution in [-0.2, 0) is 14.8 Å². The average Bonchev–Trinajstić information content (AvgIpc) is 2.75. The molecule has 0 aromatic heterocycles. The number of methoxy groups -OCH3 is 1. The first-order chi connectivity index (χ1) is 14.4. The smallest absolute Gasteiger partial charge is 0.261 e. The van der Waals surface area contributed by atoms with E-state index in [1.807, 2.05) is 0 Å². The van der Waals surface area contributed by atoms with Crippen LogP contribution in [0.25, 0.3) is 0 Å². The standard InChI is InChI=1S/C21H25N3O4S2/c1-28-18-11-7-17(8-12-18)24-30(26,27)19-13-9-16(10-14-19)22-21(29)23-20(25)15-5-3-2-4-6-15/h7-15,24H,2-6H2,1H3,(H2,22,23,25,29). The van der Waals surface area contributed by atoms with E-state index in [1.54, 1.807) is 43.5 Å². The molecule has 2 aromatic rings. The fourth-order valence-electron chi connectivity index (χ4n) is 3.33. The highest BCUT2D eigenvalue weighted by Crippen LogP contribution is 2.24. The summed E-state index contributed by atoms with van der Waals surface area (Å²) in [5.74, 6) is 0.588. The van der Waals surface area contributed by atoms with Gasteiger partial charge in [-0.3, -0.25) is 9.52 Å². The highest BCUT2D eigenvalue weighted by molar-refractivity contribution is 7.92. The molecular weight excluding hydrogens is 422 g/mol. The van der Waals surface area contributed by atoms with Crippen molar-refractivity contribution in [2.75, 3.05) is 17.1 Å². The van der Waals surface area contributed by atoms with Crippen LogP contribution in [0.1, 0.15) is 32.1 Å². The number of carbonyl (C=O) groups is 1. The van der Waals surface area contributed by atoms with Crippen LogP contribution in [0.4, 0.5) is 11.4 Å². The predicted octanol–water partition coefficient (Wildman–Crippen LogP) is 3.89. The normalized spacial score (nSPS) is 14.6. The number of anilines is 2. The summed E-state index contributed by atoms with van der Waals surface area (Å²) in [5, 5.41) is 5.85. The molecular formula is C21H25N3O4S2. The molecule has 1 fully saturated rings. The summed E-state index contributed by atoms with van der Waals surface area (Å²) in [6.45, 7) is 0. The van der Waals surface area contributed by atoms with Gasteiger partial charge in [0.2, 0.25) is 5.91 Å². The van der Waals surface area contributed by atoms with Crippen molar-refractivity contribution in [3.63, 3.8) is 0 Å². The zero-order valence-corrected chi connectivity index (χ0v) is 18.3. The van der Waals surface area contributed by atoms with Gasteiger partial charge in [0.05, 0.1) is 12.0 Å². The molecule has 0 bridgehead atoms. The van der Waals surface area contributed by atoms with E-state index in [1.165, 1.54) is 18.6 Å². The lowest BCUT2D eigenvalue weighted by atomic mass is 9.89. The molecule has 9 heteroatoms. The monoisotopic (exact) mass is 447 g/mol. The lowest BCUT2D eigenvalue weighted by Gasteiger charge is -2.21. The van der Waals surface area contributed by atoms with Gasteiger partial charge >= 0.3 is 0 Å². The van der Waals surface area contributed by atoms with E-state index in [9.17, 15) is 13.2 Å². The number of hydrogen-bond donors (Lipinski definition) is 3. The van der Waals surface area contributed by atoms with Crippen molar-refractivity contribution in [1.82, 2.24) is 5.32 Å². The van der Waals surface area contributed by atoms with Gasteiger partial charge in [-0.25, -0.2) is 8.42 Å². The number of thiocarbonyl (C=S) groups is 1. The second-order valence-corrected chi connectivity index (χ2v) is 9.23. The Morgan fingerprint density at radius 3 is 2.17 bits per heavy atom. The maximum absolute atomic E-state index is 12.6. The van der Waals surface area contributed by atoms with Gasteiger partial charge in [0.25, 0.3) is 10.0 Å². The summed E-state index contributed by atoms with van der Waals surface area (Å²) < 4.78 is 32.7. The van der Waals surface area contributed by atoms with Gasteiger partial charge in [-0.1, -0.05) is 19.3 Å². The number of nitrogens with one attached hydrogen (secondary N) is 3. The molecule has 0 atom stereocenters. The third kappa shape index (κ3) is 5.93. The maximum Gasteiger partial charge on any atom is 0.261 e. The van der Waals surface area contributed by atoms with Crippen molar-refractivity contribution < 1.29 is 17.9 Å². The van der Waals surface area contributed by atoms with Crippen LogP contribution in [0.5, 0.6) is 5.75 Å². The quantitative estimate of drug-likeness (QED) is 0.582. The molecule has 1 saturated carbocycles. The number of hydrogen-bond acceptors (Lipinski definition) is 5. The van der Waals surface area contributed by atoms with Crippen molar-refractivity contribution in [2.24, 2.45) is 5.92 Å². The van der Waals surface area contributed by atoms with Gasteiger partial charge in [0, 0.05) is 17.3 Å². The molecule has 1 amide bonds. The van der Waals surface area contributed by atoms with Gasteiger partial charge in [0.15, 0.2) is 5.11 Å². The first-order valence-corrected chi connectivity index (χ1v) is 11.7. The van der Waals surface area contributed by atoms with E-state index >= 15 is 0 Å². The number of rotatable bonds is 6. The summed E-state index contributed by atoms with van der Waals surface area (Å²) in [6.07, 6.45) is 5.09. The molecule has 0 spiro atoms. The van der Waals surface area contributed by atoms with E-state index in [-0.39, 0.29) is 21.8 Å². The summed E-state index contributed by atoms with van der Waals surface area (Å²) in [4.78, 5) is 12.4. The van der Waals surface area contributed by atoms with Gasteiger partial charge in [0.1, 0.15) is 5.75 Å². The maximum atomic E-state index is 12.6. The van der Waals surface area contributed by atoms with Crippen molar-refractivity contribution in [1.29, 1.82) is 0 Å². The van der Waals surface area contributed by atoms with Crippen LogP contribution in [0.2, 0.25) is 0 Å². The minimum absolute atomic E-state index is 0.00930. The summed E-state index contributed by atoms with van der Waals surface area (Å²) in [7, 11) is -2.19. The SMILES string of the molecule is COc1ccc(NS(=O)(=O)c2ccc(NC(=S)NC(=O)C3CCCCC3)cc2)cc1. The lowest BCUT2D eigenvalue weighted by molar-refractivity contribution is -0.124. The molecule has 1 aliphatic rings. The lowest BCUT2D eigenvalue weighted by Crippen LogP contribution is -2.38. The second-order valence-electron chi connectivity index (χ2n) is 7.14. The van der Waals surface area contributed by atoms with Crippen LogP contribution in [0.15, 0.2) is 53.4 Å². The van der Waals surface area contributed by atoms with E-state index in [0.29, 0.717) is 17.1 Å². The molecule has 30 heavy (non-hydrogen) atoms. The Morgan fingerprint density at radius 1 is 0.967 bits per heavy atom. The fourth-order valence-corrected chi connectivity index (χ4v) is 4.61. The Hall–Kier alpha value is -2.65. The Morgan fingerprint density at radius 2 is 1.57 bits per heavy atom. The van der Waals surface area contributed by atoms with E-state index < -0.39 is 10.0 Å². The van der Waals surface area contributed by atoms with Crippen LogP contribution < -0.4 is 20.1 Å². The molecule has 7 nitrogen and oxygen atoms in total. The van der Waals surface area contributed by atoms with Gasteiger partial charge in [-0.2, -0.15) is 0 Å². The van der Waals surface area contributed by atoms with Crippen molar-refractivity contribution in [3.05, 3.63) is 48.5 Å². The fraction of sp³-hybridized carbons (Fsp3) is 0.333. The van der Waals surface area contributed by atoms with Crippen molar-refractivity contribution in [3.8, 4) is 5.75 Å².